The molecular weight excluding hydrogens is 404 g/mol. The Hall–Kier alpha value is -2.49. The van der Waals surface area contributed by atoms with E-state index >= 15 is 0 Å². The van der Waals surface area contributed by atoms with Gasteiger partial charge in [-0.15, -0.1) is 11.3 Å². The maximum Gasteiger partial charge on any atom is 0.266 e. The fourth-order valence-electron chi connectivity index (χ4n) is 2.32. The van der Waals surface area contributed by atoms with E-state index in [0.717, 1.165) is 4.88 Å². The predicted molar refractivity (Wildman–Crippen MR) is 108 cm³/mol. The zero-order valence-corrected chi connectivity index (χ0v) is 16.3. The highest BCUT2D eigenvalue weighted by Crippen LogP contribution is 2.33. The molecule has 9 heteroatoms. The Morgan fingerprint density at radius 1 is 1.22 bits per heavy atom. The van der Waals surface area contributed by atoms with Crippen molar-refractivity contribution >= 4 is 69.2 Å². The van der Waals surface area contributed by atoms with Gasteiger partial charge < -0.3 is 15.2 Å². The molecular formula is C18H13N2O4S3-. The molecule has 1 fully saturated rings. The summed E-state index contributed by atoms with van der Waals surface area (Å²) in [5.41, 5.74) is 0.496. The first-order chi connectivity index (χ1) is 12.9. The van der Waals surface area contributed by atoms with E-state index in [1.165, 1.54) is 52.3 Å². The number of thiophene rings is 1. The number of thiocarbonyl (C=S) groups is 1. The summed E-state index contributed by atoms with van der Waals surface area (Å²) in [6.07, 6.45) is 1.86. The SMILES string of the molecule is O=C(CCN1C(=O)/C(=C\c2cccs2)SC1=S)Nc1ccc(C(=O)[O-])cc1. The van der Waals surface area contributed by atoms with Crippen LogP contribution in [0.25, 0.3) is 6.08 Å². The number of nitrogens with one attached hydrogen (secondary N) is 1. The van der Waals surface area contributed by atoms with E-state index < -0.39 is 5.97 Å². The van der Waals surface area contributed by atoms with Gasteiger partial charge in [0.05, 0.1) is 10.9 Å². The number of carbonyl (C=O) groups excluding carboxylic acids is 3. The lowest BCUT2D eigenvalue weighted by atomic mass is 10.2. The smallest absolute Gasteiger partial charge is 0.266 e. The van der Waals surface area contributed by atoms with Crippen LogP contribution in [-0.2, 0) is 9.59 Å². The Morgan fingerprint density at radius 2 is 1.96 bits per heavy atom. The number of rotatable bonds is 6. The van der Waals surface area contributed by atoms with E-state index in [2.05, 4.69) is 5.32 Å². The lowest BCUT2D eigenvalue weighted by molar-refractivity contribution is -0.255. The minimum Gasteiger partial charge on any atom is -0.545 e. The summed E-state index contributed by atoms with van der Waals surface area (Å²) in [5.74, 6) is -1.78. The van der Waals surface area contributed by atoms with Crippen molar-refractivity contribution in [2.75, 3.05) is 11.9 Å². The zero-order chi connectivity index (χ0) is 19.4. The van der Waals surface area contributed by atoms with Gasteiger partial charge in [0.1, 0.15) is 4.32 Å². The molecule has 1 aliphatic rings. The lowest BCUT2D eigenvalue weighted by Crippen LogP contribution is -2.31. The first-order valence-corrected chi connectivity index (χ1v) is 9.94. The van der Waals surface area contributed by atoms with Crippen molar-refractivity contribution in [1.29, 1.82) is 0 Å². The van der Waals surface area contributed by atoms with Crippen LogP contribution in [0.1, 0.15) is 21.7 Å². The van der Waals surface area contributed by atoms with E-state index in [1.54, 1.807) is 6.08 Å². The number of anilines is 1. The van der Waals surface area contributed by atoms with Gasteiger partial charge in [0.15, 0.2) is 0 Å². The molecule has 1 saturated heterocycles. The van der Waals surface area contributed by atoms with Gasteiger partial charge >= 0.3 is 0 Å². The monoisotopic (exact) mass is 417 g/mol. The third-order valence-electron chi connectivity index (χ3n) is 3.66. The van der Waals surface area contributed by atoms with Gasteiger partial charge in [-0.05, 0) is 35.2 Å². The van der Waals surface area contributed by atoms with Crippen molar-refractivity contribution in [2.45, 2.75) is 6.42 Å². The summed E-state index contributed by atoms with van der Waals surface area (Å²) in [4.78, 5) is 38.2. The summed E-state index contributed by atoms with van der Waals surface area (Å²) >= 11 is 8.00. The fraction of sp³-hybridized carbons (Fsp3) is 0.111. The van der Waals surface area contributed by atoms with Crippen LogP contribution >= 0.6 is 35.3 Å². The number of carboxylic acids is 1. The number of aromatic carboxylic acids is 1. The second-order valence-electron chi connectivity index (χ2n) is 5.51. The number of hydrogen-bond acceptors (Lipinski definition) is 7. The number of hydrogen-bond donors (Lipinski definition) is 1. The molecule has 6 nitrogen and oxygen atoms in total. The Bertz CT molecular complexity index is 921. The van der Waals surface area contributed by atoms with Crippen molar-refractivity contribution in [1.82, 2.24) is 4.90 Å². The fourth-order valence-corrected chi connectivity index (χ4v) is 4.35. The van der Waals surface area contributed by atoms with Crippen molar-refractivity contribution in [2.24, 2.45) is 0 Å². The van der Waals surface area contributed by atoms with Crippen LogP contribution in [0.15, 0.2) is 46.7 Å². The molecule has 138 valence electrons. The highest BCUT2D eigenvalue weighted by Gasteiger charge is 2.32. The third-order valence-corrected chi connectivity index (χ3v) is 5.85. The molecule has 2 heterocycles. The zero-order valence-electron chi connectivity index (χ0n) is 13.8. The minimum atomic E-state index is -1.28. The quantitative estimate of drug-likeness (QED) is 0.573. The number of amides is 2. The van der Waals surface area contributed by atoms with Gasteiger partial charge in [0, 0.05) is 23.5 Å². The van der Waals surface area contributed by atoms with Crippen LogP contribution in [-0.4, -0.2) is 33.5 Å². The number of benzene rings is 1. The predicted octanol–water partition coefficient (Wildman–Crippen LogP) is 2.34. The van der Waals surface area contributed by atoms with Gasteiger partial charge in [-0.25, -0.2) is 0 Å². The molecule has 1 aliphatic heterocycles. The molecule has 0 aliphatic carbocycles. The topological polar surface area (TPSA) is 89.5 Å². The van der Waals surface area contributed by atoms with Gasteiger partial charge in [0.25, 0.3) is 5.91 Å². The van der Waals surface area contributed by atoms with Crippen LogP contribution in [0.4, 0.5) is 5.69 Å². The number of nitrogens with zero attached hydrogens (tertiary/aromatic N) is 1. The summed E-state index contributed by atoms with van der Waals surface area (Å²) in [7, 11) is 0. The summed E-state index contributed by atoms with van der Waals surface area (Å²) < 4.78 is 0.425. The Morgan fingerprint density at radius 3 is 2.59 bits per heavy atom. The Balaban J connectivity index is 1.56. The van der Waals surface area contributed by atoms with E-state index in [4.69, 9.17) is 12.2 Å². The molecule has 1 N–H and O–H groups in total. The van der Waals surface area contributed by atoms with E-state index in [9.17, 15) is 19.5 Å². The van der Waals surface area contributed by atoms with E-state index in [1.807, 2.05) is 17.5 Å². The van der Waals surface area contributed by atoms with Gasteiger partial charge in [0.2, 0.25) is 5.91 Å². The second-order valence-corrected chi connectivity index (χ2v) is 8.17. The average Bonchev–Trinajstić information content (AvgIpc) is 3.23. The molecule has 1 aromatic heterocycles. The highest BCUT2D eigenvalue weighted by molar-refractivity contribution is 8.26. The van der Waals surface area contributed by atoms with Crippen molar-refractivity contribution in [3.8, 4) is 0 Å². The van der Waals surface area contributed by atoms with E-state index in [0.29, 0.717) is 14.9 Å². The largest absolute Gasteiger partial charge is 0.545 e. The van der Waals surface area contributed by atoms with Gasteiger partial charge in [-0.1, -0.05) is 42.2 Å². The molecule has 3 rings (SSSR count). The normalized spacial score (nSPS) is 15.4. The van der Waals surface area contributed by atoms with Crippen LogP contribution in [0.3, 0.4) is 0 Å². The molecule has 0 atom stereocenters. The maximum absolute atomic E-state index is 12.5. The maximum atomic E-state index is 12.5. The molecule has 2 amide bonds. The lowest BCUT2D eigenvalue weighted by Gasteiger charge is -2.14. The third kappa shape index (κ3) is 4.82. The van der Waals surface area contributed by atoms with Gasteiger partial charge in [-0.3, -0.25) is 14.5 Å². The minimum absolute atomic E-state index is 0.0306. The first kappa shape index (κ1) is 19.3. The van der Waals surface area contributed by atoms with Crippen molar-refractivity contribution < 1.29 is 19.5 Å². The molecule has 1 aromatic carbocycles. The number of carboxylic acid groups (broad SMARTS) is 1. The standard InChI is InChI=1S/C18H14N2O4S3/c21-15(19-12-5-3-11(4-6-12)17(23)24)7-8-20-16(22)14(27-18(20)25)10-13-2-1-9-26-13/h1-6,9-10H,7-8H2,(H,19,21)(H,23,24)/p-1/b14-10+. The summed E-state index contributed by atoms with van der Waals surface area (Å²) in [6, 6.07) is 9.47. The van der Waals surface area contributed by atoms with Crippen LogP contribution < -0.4 is 10.4 Å². The number of thioether (sulfide) groups is 1. The van der Waals surface area contributed by atoms with Crippen molar-refractivity contribution in [3.63, 3.8) is 0 Å². The van der Waals surface area contributed by atoms with Crippen LogP contribution in [0.5, 0.6) is 0 Å². The molecule has 2 aromatic rings. The van der Waals surface area contributed by atoms with Crippen LogP contribution in [0, 0.1) is 0 Å². The second kappa shape index (κ2) is 8.47. The van der Waals surface area contributed by atoms with E-state index in [-0.39, 0.29) is 30.3 Å². The number of carbonyl (C=O) groups is 3. The Labute approximate surface area is 168 Å². The molecule has 0 spiro atoms. The first-order valence-electron chi connectivity index (χ1n) is 7.84. The molecule has 0 unspecified atom stereocenters. The summed E-state index contributed by atoms with van der Waals surface area (Å²) in [5, 5.41) is 15.3. The Kier molecular flexibility index (Phi) is 6.04. The molecule has 0 saturated carbocycles. The van der Waals surface area contributed by atoms with Gasteiger partial charge in [-0.2, -0.15) is 0 Å². The molecule has 27 heavy (non-hydrogen) atoms. The highest BCUT2D eigenvalue weighted by atomic mass is 32.2. The van der Waals surface area contributed by atoms with Crippen LogP contribution in [0.2, 0.25) is 0 Å². The van der Waals surface area contributed by atoms with Crippen molar-refractivity contribution in [3.05, 3.63) is 57.1 Å². The average molecular weight is 418 g/mol. The molecule has 0 radical (unpaired) electrons. The summed E-state index contributed by atoms with van der Waals surface area (Å²) in [6.45, 7) is 0.176. The molecule has 0 bridgehead atoms.